The first-order valence-electron chi connectivity index (χ1n) is 7.65. The Labute approximate surface area is 135 Å². The lowest BCUT2D eigenvalue weighted by Crippen LogP contribution is -2.48. The number of carbonyl (C=O) groups excluding carboxylic acids is 3. The number of anilines is 1. The topological polar surface area (TPSA) is 90.5 Å². The Bertz CT molecular complexity index is 600. The molecule has 4 amide bonds. The lowest BCUT2D eigenvalue weighted by Gasteiger charge is -2.18. The SMILES string of the molecule is CCNC(=O)N(C)NC(=O)c1ccc(NC(=O)[C@H]2C[C@H]2C)cc1. The van der Waals surface area contributed by atoms with Gasteiger partial charge in [-0.25, -0.2) is 9.80 Å². The van der Waals surface area contributed by atoms with Gasteiger partial charge in [-0.1, -0.05) is 6.92 Å². The fraction of sp³-hybridized carbons (Fsp3) is 0.438. The third-order valence-electron chi connectivity index (χ3n) is 3.76. The molecule has 7 heteroatoms. The lowest BCUT2D eigenvalue weighted by atomic mass is 10.2. The summed E-state index contributed by atoms with van der Waals surface area (Å²) in [5.41, 5.74) is 3.53. The molecule has 7 nitrogen and oxygen atoms in total. The summed E-state index contributed by atoms with van der Waals surface area (Å²) in [4.78, 5) is 35.4. The number of hydrogen-bond donors (Lipinski definition) is 3. The highest BCUT2D eigenvalue weighted by molar-refractivity contribution is 5.97. The van der Waals surface area contributed by atoms with Crippen molar-refractivity contribution in [2.45, 2.75) is 20.3 Å². The first-order valence-corrected chi connectivity index (χ1v) is 7.65. The summed E-state index contributed by atoms with van der Waals surface area (Å²) < 4.78 is 0. The Balaban J connectivity index is 1.89. The second kappa shape index (κ2) is 7.13. The smallest absolute Gasteiger partial charge is 0.335 e. The number of hydrazine groups is 1. The highest BCUT2D eigenvalue weighted by atomic mass is 16.2. The predicted octanol–water partition coefficient (Wildman–Crippen LogP) is 1.59. The van der Waals surface area contributed by atoms with Crippen LogP contribution in [0.5, 0.6) is 0 Å². The van der Waals surface area contributed by atoms with Crippen molar-refractivity contribution < 1.29 is 14.4 Å². The molecule has 0 radical (unpaired) electrons. The number of urea groups is 1. The molecular formula is C16H22N4O3. The summed E-state index contributed by atoms with van der Waals surface area (Å²) in [6, 6.07) is 6.17. The highest BCUT2D eigenvalue weighted by Gasteiger charge is 2.39. The number of carbonyl (C=O) groups is 3. The van der Waals surface area contributed by atoms with Crippen molar-refractivity contribution in [1.82, 2.24) is 15.8 Å². The van der Waals surface area contributed by atoms with Gasteiger partial charge in [0.1, 0.15) is 0 Å². The van der Waals surface area contributed by atoms with E-state index in [2.05, 4.69) is 16.1 Å². The van der Waals surface area contributed by atoms with Crippen molar-refractivity contribution >= 4 is 23.5 Å². The largest absolute Gasteiger partial charge is 0.337 e. The third-order valence-corrected chi connectivity index (χ3v) is 3.76. The fourth-order valence-corrected chi connectivity index (χ4v) is 2.16. The molecule has 1 aromatic rings. The van der Waals surface area contributed by atoms with Gasteiger partial charge in [-0.2, -0.15) is 0 Å². The van der Waals surface area contributed by atoms with E-state index in [1.165, 1.54) is 7.05 Å². The number of rotatable bonds is 4. The maximum atomic E-state index is 12.0. The van der Waals surface area contributed by atoms with E-state index in [-0.39, 0.29) is 17.9 Å². The van der Waals surface area contributed by atoms with Crippen LogP contribution in [-0.4, -0.2) is 36.4 Å². The molecule has 1 aromatic carbocycles. The summed E-state index contributed by atoms with van der Waals surface area (Å²) in [6.45, 7) is 4.32. The van der Waals surface area contributed by atoms with Crippen LogP contribution in [0.15, 0.2) is 24.3 Å². The Morgan fingerprint density at radius 2 is 1.83 bits per heavy atom. The van der Waals surface area contributed by atoms with E-state index in [1.807, 2.05) is 6.92 Å². The maximum absolute atomic E-state index is 12.0. The van der Waals surface area contributed by atoms with Crippen LogP contribution in [0.4, 0.5) is 10.5 Å². The van der Waals surface area contributed by atoms with Gasteiger partial charge in [-0.3, -0.25) is 15.0 Å². The summed E-state index contributed by atoms with van der Waals surface area (Å²) in [7, 11) is 1.47. The van der Waals surface area contributed by atoms with E-state index in [9.17, 15) is 14.4 Å². The normalized spacial score (nSPS) is 18.7. The Morgan fingerprint density at radius 1 is 1.22 bits per heavy atom. The minimum Gasteiger partial charge on any atom is -0.337 e. The van der Waals surface area contributed by atoms with Crippen LogP contribution in [-0.2, 0) is 4.79 Å². The van der Waals surface area contributed by atoms with Crippen LogP contribution in [0.3, 0.4) is 0 Å². The van der Waals surface area contributed by atoms with Gasteiger partial charge in [-0.15, -0.1) is 0 Å². The van der Waals surface area contributed by atoms with E-state index >= 15 is 0 Å². The van der Waals surface area contributed by atoms with Gasteiger partial charge >= 0.3 is 6.03 Å². The number of hydrogen-bond acceptors (Lipinski definition) is 3. The summed E-state index contributed by atoms with van der Waals surface area (Å²) in [6.07, 6.45) is 0.929. The van der Waals surface area contributed by atoms with E-state index in [1.54, 1.807) is 31.2 Å². The molecule has 0 aliphatic heterocycles. The average Bonchev–Trinajstić information content (AvgIpc) is 3.25. The van der Waals surface area contributed by atoms with Crippen molar-refractivity contribution in [2.75, 3.05) is 18.9 Å². The van der Waals surface area contributed by atoms with Gasteiger partial charge in [0.05, 0.1) is 0 Å². The first-order chi connectivity index (χ1) is 10.9. The Hall–Kier alpha value is -2.57. The number of benzene rings is 1. The monoisotopic (exact) mass is 318 g/mol. The van der Waals surface area contributed by atoms with Crippen molar-refractivity contribution in [3.05, 3.63) is 29.8 Å². The summed E-state index contributed by atoms with van der Waals surface area (Å²) in [5, 5.41) is 6.50. The number of nitrogens with zero attached hydrogens (tertiary/aromatic N) is 1. The molecule has 124 valence electrons. The van der Waals surface area contributed by atoms with Gasteiger partial charge in [0, 0.05) is 30.8 Å². The predicted molar refractivity (Wildman–Crippen MR) is 86.6 cm³/mol. The third kappa shape index (κ3) is 4.45. The molecule has 1 aliphatic carbocycles. The Kier molecular flexibility index (Phi) is 5.20. The number of amides is 4. The quantitative estimate of drug-likeness (QED) is 0.736. The van der Waals surface area contributed by atoms with Crippen molar-refractivity contribution in [2.24, 2.45) is 11.8 Å². The molecule has 1 saturated carbocycles. The Morgan fingerprint density at radius 3 is 2.35 bits per heavy atom. The fourth-order valence-electron chi connectivity index (χ4n) is 2.16. The van der Waals surface area contributed by atoms with E-state index in [0.717, 1.165) is 11.4 Å². The molecule has 2 rings (SSSR count). The lowest BCUT2D eigenvalue weighted by molar-refractivity contribution is -0.117. The second-order valence-electron chi connectivity index (χ2n) is 5.72. The van der Waals surface area contributed by atoms with Gasteiger partial charge in [0.2, 0.25) is 5.91 Å². The molecule has 23 heavy (non-hydrogen) atoms. The van der Waals surface area contributed by atoms with E-state index in [4.69, 9.17) is 0 Å². The van der Waals surface area contributed by atoms with Crippen LogP contribution < -0.4 is 16.1 Å². The minimum atomic E-state index is -0.396. The van der Waals surface area contributed by atoms with Crippen LogP contribution in [0.1, 0.15) is 30.6 Å². The summed E-state index contributed by atoms with van der Waals surface area (Å²) >= 11 is 0. The molecule has 1 aliphatic rings. The molecule has 0 heterocycles. The zero-order chi connectivity index (χ0) is 17.0. The molecule has 0 bridgehead atoms. The van der Waals surface area contributed by atoms with Crippen LogP contribution in [0.25, 0.3) is 0 Å². The van der Waals surface area contributed by atoms with Gasteiger partial charge in [0.25, 0.3) is 5.91 Å². The van der Waals surface area contributed by atoms with Crippen LogP contribution in [0.2, 0.25) is 0 Å². The second-order valence-corrected chi connectivity index (χ2v) is 5.72. The van der Waals surface area contributed by atoms with Crippen molar-refractivity contribution in [3.63, 3.8) is 0 Å². The molecule has 2 atom stereocenters. The first kappa shape index (κ1) is 16.8. The maximum Gasteiger partial charge on any atom is 0.335 e. The molecule has 1 fully saturated rings. The van der Waals surface area contributed by atoms with Gasteiger partial charge in [0.15, 0.2) is 0 Å². The highest BCUT2D eigenvalue weighted by Crippen LogP contribution is 2.38. The molecule has 0 aromatic heterocycles. The summed E-state index contributed by atoms with van der Waals surface area (Å²) in [5.74, 6) is 0.173. The molecule has 3 N–H and O–H groups in total. The molecular weight excluding hydrogens is 296 g/mol. The van der Waals surface area contributed by atoms with Crippen molar-refractivity contribution in [1.29, 1.82) is 0 Å². The minimum absolute atomic E-state index is 0.0191. The number of nitrogens with one attached hydrogen (secondary N) is 3. The van der Waals surface area contributed by atoms with Crippen LogP contribution in [0, 0.1) is 11.8 Å². The van der Waals surface area contributed by atoms with E-state index in [0.29, 0.717) is 23.7 Å². The zero-order valence-corrected chi connectivity index (χ0v) is 13.6. The molecule has 0 unspecified atom stereocenters. The molecule has 0 saturated heterocycles. The van der Waals surface area contributed by atoms with Gasteiger partial charge in [-0.05, 0) is 43.5 Å². The van der Waals surface area contributed by atoms with Gasteiger partial charge < -0.3 is 10.6 Å². The zero-order valence-electron chi connectivity index (χ0n) is 13.6. The van der Waals surface area contributed by atoms with Crippen molar-refractivity contribution in [3.8, 4) is 0 Å². The molecule has 0 spiro atoms. The van der Waals surface area contributed by atoms with E-state index < -0.39 is 5.91 Å². The standard InChI is InChI=1S/C16H22N4O3/c1-4-17-16(23)20(3)19-14(21)11-5-7-12(8-6-11)18-15(22)13-9-10(13)2/h5-8,10,13H,4,9H2,1-3H3,(H,17,23)(H,18,22)(H,19,21)/t10-,13+/m1/s1. The average molecular weight is 318 g/mol. The van der Waals surface area contributed by atoms with Crippen LogP contribution >= 0.6 is 0 Å².